The molecule has 2 fully saturated rings. The van der Waals surface area contributed by atoms with Gasteiger partial charge in [0.2, 0.25) is 0 Å². The topological polar surface area (TPSA) is 46.3 Å². The van der Waals surface area contributed by atoms with Gasteiger partial charge in [0, 0.05) is 17.4 Å². The fourth-order valence-electron chi connectivity index (χ4n) is 7.14. The van der Waals surface area contributed by atoms with Crippen LogP contribution in [0.15, 0.2) is 16.2 Å². The highest BCUT2D eigenvalue weighted by molar-refractivity contribution is 5.40. The van der Waals surface area contributed by atoms with Crippen molar-refractivity contribution in [3.8, 4) is 0 Å². The molecule has 0 amide bonds. The molecular formula is C21H29NO2. The maximum absolute atomic E-state index is 10.1. The Morgan fingerprint density at radius 3 is 2.75 bits per heavy atom. The monoisotopic (exact) mass is 327 g/mol. The Labute approximate surface area is 144 Å². The van der Waals surface area contributed by atoms with Gasteiger partial charge in [-0.2, -0.15) is 0 Å². The summed E-state index contributed by atoms with van der Waals surface area (Å²) >= 11 is 0. The summed E-state index contributed by atoms with van der Waals surface area (Å²) in [4.78, 5) is 0. The van der Waals surface area contributed by atoms with Crippen molar-refractivity contribution in [2.45, 2.75) is 77.2 Å². The molecule has 1 aromatic heterocycles. The highest BCUT2D eigenvalue weighted by Crippen LogP contribution is 2.64. The molecule has 0 saturated heterocycles. The van der Waals surface area contributed by atoms with Crippen LogP contribution in [0.4, 0.5) is 0 Å². The lowest BCUT2D eigenvalue weighted by Gasteiger charge is -2.57. The average molecular weight is 327 g/mol. The number of aliphatic hydroxyl groups excluding tert-OH is 1. The first-order valence-electron chi connectivity index (χ1n) is 9.76. The molecule has 6 atom stereocenters. The van der Waals surface area contributed by atoms with Crippen LogP contribution in [-0.2, 0) is 11.8 Å². The largest absolute Gasteiger partial charge is 0.393 e. The average Bonchev–Trinajstić information content (AvgIpc) is 3.06. The Hall–Kier alpha value is -1.09. The Bertz CT molecular complexity index is 719. The third-order valence-corrected chi connectivity index (χ3v) is 8.38. The molecule has 1 N–H and O–H groups in total. The molecule has 4 aliphatic carbocycles. The van der Waals surface area contributed by atoms with Crippen molar-refractivity contribution in [3.05, 3.63) is 28.7 Å². The number of aromatic nitrogens is 1. The summed E-state index contributed by atoms with van der Waals surface area (Å²) in [7, 11) is 0. The second-order valence-electron chi connectivity index (χ2n) is 9.38. The van der Waals surface area contributed by atoms with Gasteiger partial charge in [0.05, 0.1) is 11.8 Å². The molecule has 3 heteroatoms. The van der Waals surface area contributed by atoms with Crippen LogP contribution in [0.5, 0.6) is 0 Å². The maximum atomic E-state index is 10.1. The quantitative estimate of drug-likeness (QED) is 0.722. The van der Waals surface area contributed by atoms with E-state index in [1.807, 2.05) is 0 Å². The fourth-order valence-corrected chi connectivity index (χ4v) is 7.14. The van der Waals surface area contributed by atoms with Crippen LogP contribution in [-0.4, -0.2) is 16.4 Å². The lowest BCUT2D eigenvalue weighted by atomic mass is 9.47. The summed E-state index contributed by atoms with van der Waals surface area (Å²) in [5.41, 5.74) is 4.69. The first-order chi connectivity index (χ1) is 11.4. The predicted octanol–water partition coefficient (Wildman–Crippen LogP) is 4.32. The SMILES string of the molecule is Cc1noc2c1[C@@]1(C)CC[C@@H]3[C@@H](CC=C4C[C@@H](O)CC[C@@]43C)[C@H]1C2. The van der Waals surface area contributed by atoms with Crippen molar-refractivity contribution in [2.24, 2.45) is 23.2 Å². The maximum Gasteiger partial charge on any atom is 0.141 e. The van der Waals surface area contributed by atoms with Gasteiger partial charge in [-0.1, -0.05) is 30.7 Å². The fraction of sp³-hybridized carbons (Fsp3) is 0.762. The van der Waals surface area contributed by atoms with Gasteiger partial charge in [-0.15, -0.1) is 0 Å². The van der Waals surface area contributed by atoms with Crippen LogP contribution >= 0.6 is 0 Å². The Morgan fingerprint density at radius 2 is 1.92 bits per heavy atom. The van der Waals surface area contributed by atoms with Crippen LogP contribution in [0.1, 0.15) is 69.4 Å². The van der Waals surface area contributed by atoms with E-state index in [0.29, 0.717) is 11.3 Å². The zero-order chi connectivity index (χ0) is 16.7. The molecule has 0 bridgehead atoms. The molecule has 1 aromatic rings. The molecule has 5 rings (SSSR count). The number of fused-ring (bicyclic) bond motifs is 7. The van der Waals surface area contributed by atoms with Crippen molar-refractivity contribution < 1.29 is 9.63 Å². The highest BCUT2D eigenvalue weighted by atomic mass is 16.5. The van der Waals surface area contributed by atoms with Crippen LogP contribution < -0.4 is 0 Å². The molecule has 0 aliphatic heterocycles. The molecule has 0 radical (unpaired) electrons. The minimum atomic E-state index is -0.112. The van der Waals surface area contributed by atoms with E-state index in [2.05, 4.69) is 32.0 Å². The summed E-state index contributed by atoms with van der Waals surface area (Å²) < 4.78 is 5.69. The molecular weight excluding hydrogens is 298 g/mol. The van der Waals surface area contributed by atoms with Gasteiger partial charge < -0.3 is 9.63 Å². The lowest BCUT2D eigenvalue weighted by Crippen LogP contribution is -2.51. The lowest BCUT2D eigenvalue weighted by molar-refractivity contribution is -0.0172. The van der Waals surface area contributed by atoms with Crippen LogP contribution in [0.25, 0.3) is 0 Å². The first-order valence-corrected chi connectivity index (χ1v) is 9.76. The Morgan fingerprint density at radius 1 is 1.12 bits per heavy atom. The molecule has 2 saturated carbocycles. The molecule has 24 heavy (non-hydrogen) atoms. The number of hydrogen-bond acceptors (Lipinski definition) is 3. The zero-order valence-electron chi connectivity index (χ0n) is 15.1. The smallest absolute Gasteiger partial charge is 0.141 e. The van der Waals surface area contributed by atoms with E-state index in [0.717, 1.165) is 43.2 Å². The van der Waals surface area contributed by atoms with Crippen LogP contribution in [0, 0.1) is 30.1 Å². The van der Waals surface area contributed by atoms with Gasteiger partial charge in [-0.05, 0) is 68.6 Å². The van der Waals surface area contributed by atoms with Gasteiger partial charge in [0.15, 0.2) is 0 Å². The van der Waals surface area contributed by atoms with Crippen molar-refractivity contribution in [3.63, 3.8) is 0 Å². The number of allylic oxidation sites excluding steroid dienone is 1. The van der Waals surface area contributed by atoms with Crippen LogP contribution in [0.2, 0.25) is 0 Å². The number of aryl methyl sites for hydroxylation is 1. The van der Waals surface area contributed by atoms with E-state index < -0.39 is 0 Å². The van der Waals surface area contributed by atoms with Gasteiger partial charge in [0.25, 0.3) is 0 Å². The van der Waals surface area contributed by atoms with E-state index in [9.17, 15) is 5.11 Å². The molecule has 0 unspecified atom stereocenters. The minimum Gasteiger partial charge on any atom is -0.393 e. The van der Waals surface area contributed by atoms with Crippen molar-refractivity contribution in [1.29, 1.82) is 0 Å². The highest BCUT2D eigenvalue weighted by Gasteiger charge is 2.58. The predicted molar refractivity (Wildman–Crippen MR) is 92.7 cm³/mol. The molecule has 4 aliphatic rings. The standard InChI is InChI=1S/C21H29NO2/c1-12-19-18(24-22-12)11-17-15-5-4-13-10-14(23)6-8-20(13,2)16(15)7-9-21(17,19)3/h4,14-17,23H,5-11H2,1-3H3/t14-,15+,16+,17+,20-,21-/m0/s1. The molecule has 1 heterocycles. The normalized spacial score (nSPS) is 46.6. The Balaban J connectivity index is 1.54. The Kier molecular flexibility index (Phi) is 3.01. The van der Waals surface area contributed by atoms with E-state index >= 15 is 0 Å². The second kappa shape index (κ2) is 4.75. The van der Waals surface area contributed by atoms with Gasteiger partial charge in [0.1, 0.15) is 5.76 Å². The van der Waals surface area contributed by atoms with Gasteiger partial charge in [-0.3, -0.25) is 0 Å². The summed E-state index contributed by atoms with van der Waals surface area (Å²) in [6.07, 6.45) is 10.3. The van der Waals surface area contributed by atoms with Crippen LogP contribution in [0.3, 0.4) is 0 Å². The second-order valence-corrected chi connectivity index (χ2v) is 9.38. The molecule has 130 valence electrons. The number of rotatable bonds is 0. The van der Waals surface area contributed by atoms with Gasteiger partial charge >= 0.3 is 0 Å². The first kappa shape index (κ1) is 15.2. The number of hydrogen-bond donors (Lipinski definition) is 1. The van der Waals surface area contributed by atoms with Crippen molar-refractivity contribution in [1.82, 2.24) is 5.16 Å². The number of aliphatic hydroxyl groups is 1. The minimum absolute atomic E-state index is 0.112. The third-order valence-electron chi connectivity index (χ3n) is 8.38. The van der Waals surface area contributed by atoms with E-state index in [1.54, 1.807) is 5.57 Å². The zero-order valence-corrected chi connectivity index (χ0v) is 15.1. The number of nitrogens with zero attached hydrogens (tertiary/aromatic N) is 1. The molecule has 0 aromatic carbocycles. The van der Waals surface area contributed by atoms with Crippen molar-refractivity contribution >= 4 is 0 Å². The summed E-state index contributed by atoms with van der Waals surface area (Å²) in [5.74, 6) is 3.41. The van der Waals surface area contributed by atoms with E-state index in [4.69, 9.17) is 4.52 Å². The molecule has 3 nitrogen and oxygen atoms in total. The third kappa shape index (κ3) is 1.75. The summed E-state index contributed by atoms with van der Waals surface area (Å²) in [6.45, 7) is 7.07. The summed E-state index contributed by atoms with van der Waals surface area (Å²) in [6, 6.07) is 0. The van der Waals surface area contributed by atoms with Crippen molar-refractivity contribution in [2.75, 3.05) is 0 Å². The summed E-state index contributed by atoms with van der Waals surface area (Å²) in [5, 5.41) is 14.4. The van der Waals surface area contributed by atoms with E-state index in [-0.39, 0.29) is 11.5 Å². The van der Waals surface area contributed by atoms with Gasteiger partial charge in [-0.25, -0.2) is 0 Å². The molecule has 0 spiro atoms. The van der Waals surface area contributed by atoms with E-state index in [1.165, 1.54) is 30.6 Å².